The van der Waals surface area contributed by atoms with Crippen molar-refractivity contribution >= 4 is 17.0 Å². The minimum Gasteiger partial charge on any atom is -0.439 e. The van der Waals surface area contributed by atoms with Crippen LogP contribution in [-0.2, 0) is 13.1 Å². The molecule has 2 aromatic carbocycles. The highest BCUT2D eigenvalue weighted by Crippen LogP contribution is 2.20. The number of carbonyl (C=O) groups is 1. The van der Waals surface area contributed by atoms with E-state index in [9.17, 15) is 9.18 Å². The van der Waals surface area contributed by atoms with Crippen molar-refractivity contribution in [2.45, 2.75) is 20.0 Å². The number of aromatic nitrogens is 2. The molecule has 6 heteroatoms. The van der Waals surface area contributed by atoms with Crippen LogP contribution < -0.4 is 0 Å². The van der Waals surface area contributed by atoms with Crippen LogP contribution >= 0.6 is 0 Å². The van der Waals surface area contributed by atoms with Gasteiger partial charge in [0.15, 0.2) is 5.58 Å². The van der Waals surface area contributed by atoms with E-state index in [1.54, 1.807) is 17.3 Å². The number of hydrogen-bond acceptors (Lipinski definition) is 4. The van der Waals surface area contributed by atoms with E-state index >= 15 is 0 Å². The molecule has 0 aliphatic carbocycles. The predicted molar refractivity (Wildman–Crippen MR) is 103 cm³/mol. The lowest BCUT2D eigenvalue weighted by atomic mass is 10.1. The van der Waals surface area contributed by atoms with Crippen LogP contribution in [0, 0.1) is 12.7 Å². The number of nitrogens with zero attached hydrogens (tertiary/aromatic N) is 3. The lowest BCUT2D eigenvalue weighted by molar-refractivity contribution is 0.0715. The lowest BCUT2D eigenvalue weighted by Crippen LogP contribution is -2.30. The largest absolute Gasteiger partial charge is 0.439 e. The molecule has 0 unspecified atom stereocenters. The molecule has 140 valence electrons. The van der Waals surface area contributed by atoms with E-state index in [4.69, 9.17) is 4.42 Å². The zero-order valence-electron chi connectivity index (χ0n) is 15.3. The first-order valence-electron chi connectivity index (χ1n) is 8.88. The highest BCUT2D eigenvalue weighted by atomic mass is 19.1. The fourth-order valence-electron chi connectivity index (χ4n) is 3.00. The maximum absolute atomic E-state index is 13.2. The van der Waals surface area contributed by atoms with Crippen molar-refractivity contribution in [1.29, 1.82) is 0 Å². The molecule has 28 heavy (non-hydrogen) atoms. The van der Waals surface area contributed by atoms with E-state index in [1.165, 1.54) is 24.3 Å². The first-order chi connectivity index (χ1) is 13.6. The van der Waals surface area contributed by atoms with Crippen LogP contribution in [0.3, 0.4) is 0 Å². The van der Waals surface area contributed by atoms with Gasteiger partial charge in [-0.15, -0.1) is 0 Å². The van der Waals surface area contributed by atoms with Crippen LogP contribution in [0.2, 0.25) is 0 Å². The Bertz CT molecular complexity index is 1110. The summed E-state index contributed by atoms with van der Waals surface area (Å²) in [6.07, 6.45) is 3.36. The number of carbonyl (C=O) groups excluding carboxylic acids is 1. The van der Waals surface area contributed by atoms with Crippen LogP contribution in [-0.4, -0.2) is 20.8 Å². The molecule has 0 N–H and O–H groups in total. The molecule has 5 nitrogen and oxygen atoms in total. The Morgan fingerprint density at radius 2 is 1.79 bits per heavy atom. The molecular formula is C22H18FN3O2. The second-order valence-electron chi connectivity index (χ2n) is 6.60. The van der Waals surface area contributed by atoms with Gasteiger partial charge in [-0.1, -0.05) is 6.07 Å². The molecule has 0 radical (unpaired) electrons. The average Bonchev–Trinajstić information content (AvgIpc) is 3.10. The number of pyridine rings is 1. The van der Waals surface area contributed by atoms with E-state index in [2.05, 4.69) is 9.97 Å². The number of halogens is 1. The molecule has 0 bridgehead atoms. The lowest BCUT2D eigenvalue weighted by Gasteiger charge is -2.21. The molecule has 4 rings (SSSR count). The van der Waals surface area contributed by atoms with Gasteiger partial charge in [0.2, 0.25) is 5.89 Å². The fraction of sp³-hybridized carbons (Fsp3) is 0.136. The number of hydrogen-bond donors (Lipinski definition) is 0. The quantitative estimate of drug-likeness (QED) is 0.515. The highest BCUT2D eigenvalue weighted by molar-refractivity contribution is 5.94. The Hall–Kier alpha value is -3.54. The summed E-state index contributed by atoms with van der Waals surface area (Å²) in [7, 11) is 0. The van der Waals surface area contributed by atoms with Crippen LogP contribution in [0.25, 0.3) is 11.1 Å². The molecule has 2 aromatic heterocycles. The van der Waals surface area contributed by atoms with Gasteiger partial charge in [-0.05, 0) is 66.6 Å². The standard InChI is InChI=1S/C22H18FN3O2/c1-15-2-7-20-19(12-15)25-21(28-20)14-26(13-16-8-10-24-11-9-16)22(27)17-3-5-18(23)6-4-17/h2-12H,13-14H2,1H3. The summed E-state index contributed by atoms with van der Waals surface area (Å²) in [5.41, 5.74) is 3.86. The Morgan fingerprint density at radius 3 is 2.54 bits per heavy atom. The minimum absolute atomic E-state index is 0.201. The van der Waals surface area contributed by atoms with Crippen molar-refractivity contribution in [3.8, 4) is 0 Å². The molecule has 4 aromatic rings. The van der Waals surface area contributed by atoms with Crippen LogP contribution in [0.15, 0.2) is 71.4 Å². The van der Waals surface area contributed by atoms with Crippen LogP contribution in [0.4, 0.5) is 4.39 Å². The molecule has 0 aliphatic heterocycles. The second kappa shape index (κ2) is 7.60. The zero-order valence-corrected chi connectivity index (χ0v) is 15.3. The normalized spacial score (nSPS) is 10.9. The second-order valence-corrected chi connectivity index (χ2v) is 6.60. The smallest absolute Gasteiger partial charge is 0.254 e. The first-order valence-corrected chi connectivity index (χ1v) is 8.88. The van der Waals surface area contributed by atoms with Gasteiger partial charge in [-0.2, -0.15) is 0 Å². The molecule has 0 aliphatic rings. The van der Waals surface area contributed by atoms with Crippen molar-refractivity contribution in [3.63, 3.8) is 0 Å². The number of fused-ring (bicyclic) bond motifs is 1. The molecule has 0 saturated carbocycles. The van der Waals surface area contributed by atoms with E-state index in [1.807, 2.05) is 37.3 Å². The van der Waals surface area contributed by atoms with Gasteiger partial charge < -0.3 is 9.32 Å². The van der Waals surface area contributed by atoms with E-state index in [0.29, 0.717) is 23.6 Å². The van der Waals surface area contributed by atoms with Gasteiger partial charge in [-0.25, -0.2) is 9.37 Å². The van der Waals surface area contributed by atoms with Gasteiger partial charge in [-0.3, -0.25) is 9.78 Å². The molecule has 0 fully saturated rings. The Balaban J connectivity index is 1.64. The number of benzene rings is 2. The number of rotatable bonds is 5. The molecule has 2 heterocycles. The number of aryl methyl sites for hydroxylation is 1. The fourth-order valence-corrected chi connectivity index (χ4v) is 3.00. The SMILES string of the molecule is Cc1ccc2oc(CN(Cc3ccncc3)C(=O)c3ccc(F)cc3)nc2c1. The Morgan fingerprint density at radius 1 is 1.04 bits per heavy atom. The number of amides is 1. The Labute approximate surface area is 161 Å². The summed E-state index contributed by atoms with van der Waals surface area (Å²) in [6.45, 7) is 2.55. The maximum Gasteiger partial charge on any atom is 0.254 e. The van der Waals surface area contributed by atoms with Gasteiger partial charge in [0.05, 0.1) is 6.54 Å². The summed E-state index contributed by atoms with van der Waals surface area (Å²) in [5.74, 6) is -0.160. The van der Waals surface area contributed by atoms with E-state index < -0.39 is 0 Å². The summed E-state index contributed by atoms with van der Waals surface area (Å²) in [6, 6.07) is 15.0. The van der Waals surface area contributed by atoms with Gasteiger partial charge >= 0.3 is 0 Å². The molecular weight excluding hydrogens is 357 g/mol. The van der Waals surface area contributed by atoms with Gasteiger partial charge in [0.1, 0.15) is 11.3 Å². The topological polar surface area (TPSA) is 59.2 Å². The summed E-state index contributed by atoms with van der Waals surface area (Å²) < 4.78 is 19.1. The summed E-state index contributed by atoms with van der Waals surface area (Å²) in [5, 5.41) is 0. The van der Waals surface area contributed by atoms with Crippen LogP contribution in [0.1, 0.15) is 27.4 Å². The molecule has 1 amide bonds. The molecule has 0 saturated heterocycles. The molecule has 0 spiro atoms. The molecule has 0 atom stereocenters. The van der Waals surface area contributed by atoms with Crippen molar-refractivity contribution in [3.05, 3.63) is 95.4 Å². The third-order valence-electron chi connectivity index (χ3n) is 4.41. The van der Waals surface area contributed by atoms with Gasteiger partial charge in [0, 0.05) is 24.5 Å². The van der Waals surface area contributed by atoms with Crippen molar-refractivity contribution < 1.29 is 13.6 Å². The van der Waals surface area contributed by atoms with Crippen LogP contribution in [0.5, 0.6) is 0 Å². The predicted octanol–water partition coefficient (Wildman–Crippen LogP) is 4.51. The van der Waals surface area contributed by atoms with E-state index in [0.717, 1.165) is 16.6 Å². The van der Waals surface area contributed by atoms with Gasteiger partial charge in [0.25, 0.3) is 5.91 Å². The number of oxazole rings is 1. The average molecular weight is 375 g/mol. The maximum atomic E-state index is 13.2. The minimum atomic E-state index is -0.383. The Kier molecular flexibility index (Phi) is 4.85. The highest BCUT2D eigenvalue weighted by Gasteiger charge is 2.19. The zero-order chi connectivity index (χ0) is 19.5. The summed E-state index contributed by atoms with van der Waals surface area (Å²) in [4.78, 5) is 23.2. The van der Waals surface area contributed by atoms with Crippen molar-refractivity contribution in [2.75, 3.05) is 0 Å². The third-order valence-corrected chi connectivity index (χ3v) is 4.41. The van der Waals surface area contributed by atoms with E-state index in [-0.39, 0.29) is 18.3 Å². The van der Waals surface area contributed by atoms with Crippen molar-refractivity contribution in [2.24, 2.45) is 0 Å². The monoisotopic (exact) mass is 375 g/mol. The first kappa shape index (κ1) is 17.9. The third kappa shape index (κ3) is 3.91. The summed E-state index contributed by atoms with van der Waals surface area (Å²) >= 11 is 0. The van der Waals surface area contributed by atoms with Crippen molar-refractivity contribution in [1.82, 2.24) is 14.9 Å².